The van der Waals surface area contributed by atoms with E-state index in [4.69, 9.17) is 0 Å². The van der Waals surface area contributed by atoms with E-state index in [1.807, 2.05) is 18.2 Å². The summed E-state index contributed by atoms with van der Waals surface area (Å²) in [6.45, 7) is 6.04. The molecular weight excluding hydrogens is 459 g/mol. The molecular formula is C27H29FN6O2. The zero-order valence-electron chi connectivity index (χ0n) is 20.6. The van der Waals surface area contributed by atoms with E-state index < -0.39 is 17.8 Å². The normalized spacial score (nSPS) is 12.0. The molecule has 0 bridgehead atoms. The quantitative estimate of drug-likeness (QED) is 0.381. The maximum absolute atomic E-state index is 14.7. The average Bonchev–Trinajstić information content (AvgIpc) is 3.27. The molecule has 0 fully saturated rings. The van der Waals surface area contributed by atoms with Crippen molar-refractivity contribution in [2.45, 2.75) is 39.8 Å². The lowest BCUT2D eigenvalue weighted by Gasteiger charge is -2.31. The van der Waals surface area contributed by atoms with Crippen molar-refractivity contribution in [2.75, 3.05) is 11.4 Å². The molecule has 0 spiro atoms. The number of aromatic nitrogens is 4. The van der Waals surface area contributed by atoms with Crippen LogP contribution in [0.2, 0.25) is 0 Å². The standard InChI is InChI=1S/C27H29FN6O2/c1-18(2)12-14-30-27(36)26(20-7-6-13-29-16-20)34(21-11-10-19(3)22(28)15-21)25(35)17-33-24-9-5-4-8-23(24)31-32-33/h4-11,13,15-16,18,26H,12,14,17H2,1-3H3,(H,30,36)/t26-/m1/s1. The van der Waals surface area contributed by atoms with Crippen molar-refractivity contribution < 1.29 is 14.0 Å². The monoisotopic (exact) mass is 488 g/mol. The van der Waals surface area contributed by atoms with E-state index in [1.54, 1.807) is 49.6 Å². The number of carbonyl (C=O) groups is 2. The number of halogens is 1. The van der Waals surface area contributed by atoms with Crippen LogP contribution in [0.4, 0.5) is 10.1 Å². The maximum Gasteiger partial charge on any atom is 0.249 e. The van der Waals surface area contributed by atoms with Gasteiger partial charge in [-0.25, -0.2) is 9.07 Å². The van der Waals surface area contributed by atoms with Crippen LogP contribution in [0.15, 0.2) is 67.0 Å². The van der Waals surface area contributed by atoms with E-state index in [0.29, 0.717) is 34.6 Å². The molecule has 36 heavy (non-hydrogen) atoms. The Hall–Kier alpha value is -4.14. The molecule has 0 radical (unpaired) electrons. The molecule has 2 aromatic carbocycles. The second-order valence-corrected chi connectivity index (χ2v) is 9.10. The van der Waals surface area contributed by atoms with Gasteiger partial charge in [0, 0.05) is 30.2 Å². The van der Waals surface area contributed by atoms with Crippen LogP contribution in [0.1, 0.15) is 37.4 Å². The molecule has 2 aromatic heterocycles. The van der Waals surface area contributed by atoms with Gasteiger partial charge in [-0.05, 0) is 55.2 Å². The smallest absolute Gasteiger partial charge is 0.249 e. The highest BCUT2D eigenvalue weighted by atomic mass is 19.1. The molecule has 0 unspecified atom stereocenters. The first-order valence-electron chi connectivity index (χ1n) is 11.9. The second kappa shape index (κ2) is 11.1. The average molecular weight is 489 g/mol. The summed E-state index contributed by atoms with van der Waals surface area (Å²) >= 11 is 0. The minimum absolute atomic E-state index is 0.188. The van der Waals surface area contributed by atoms with Crippen LogP contribution >= 0.6 is 0 Å². The number of benzene rings is 2. The zero-order valence-corrected chi connectivity index (χ0v) is 20.6. The largest absolute Gasteiger partial charge is 0.354 e. The van der Waals surface area contributed by atoms with Gasteiger partial charge < -0.3 is 5.32 Å². The topological polar surface area (TPSA) is 93.0 Å². The van der Waals surface area contributed by atoms with Gasteiger partial charge in [-0.2, -0.15) is 0 Å². The van der Waals surface area contributed by atoms with Crippen molar-refractivity contribution in [3.63, 3.8) is 0 Å². The highest BCUT2D eigenvalue weighted by Crippen LogP contribution is 2.30. The molecule has 4 aromatic rings. The Bertz CT molecular complexity index is 1350. The second-order valence-electron chi connectivity index (χ2n) is 9.10. The number of pyridine rings is 1. The molecule has 2 heterocycles. The first-order chi connectivity index (χ1) is 17.3. The molecule has 0 aliphatic heterocycles. The van der Waals surface area contributed by atoms with E-state index in [-0.39, 0.29) is 18.1 Å². The SMILES string of the molecule is Cc1ccc(N(C(=O)Cn2nnc3ccccc32)[C@@H](C(=O)NCCC(C)C)c2cccnc2)cc1F. The van der Waals surface area contributed by atoms with E-state index in [0.717, 1.165) is 6.42 Å². The van der Waals surface area contributed by atoms with Crippen LogP contribution in [0, 0.1) is 18.7 Å². The number of para-hydroxylation sites is 1. The summed E-state index contributed by atoms with van der Waals surface area (Å²) in [5, 5.41) is 11.2. The van der Waals surface area contributed by atoms with Crippen LogP contribution in [0.3, 0.4) is 0 Å². The molecule has 0 saturated carbocycles. The molecule has 8 nitrogen and oxygen atoms in total. The Kier molecular flexibility index (Phi) is 7.68. The zero-order chi connectivity index (χ0) is 25.7. The fraction of sp³-hybridized carbons (Fsp3) is 0.296. The number of rotatable bonds is 9. The molecule has 0 aliphatic carbocycles. The fourth-order valence-electron chi connectivity index (χ4n) is 3.94. The van der Waals surface area contributed by atoms with Gasteiger partial charge in [0.1, 0.15) is 23.9 Å². The van der Waals surface area contributed by atoms with Gasteiger partial charge in [0.25, 0.3) is 0 Å². The summed E-state index contributed by atoms with van der Waals surface area (Å²) in [4.78, 5) is 32.9. The number of amides is 2. The van der Waals surface area contributed by atoms with Gasteiger partial charge in [0.15, 0.2) is 0 Å². The number of hydrogen-bond donors (Lipinski definition) is 1. The predicted molar refractivity (Wildman–Crippen MR) is 136 cm³/mol. The van der Waals surface area contributed by atoms with E-state index in [2.05, 4.69) is 34.5 Å². The molecule has 2 amide bonds. The number of anilines is 1. The highest BCUT2D eigenvalue weighted by Gasteiger charge is 2.33. The Morgan fingerprint density at radius 3 is 2.64 bits per heavy atom. The van der Waals surface area contributed by atoms with Crippen molar-refractivity contribution in [1.82, 2.24) is 25.3 Å². The summed E-state index contributed by atoms with van der Waals surface area (Å²) < 4.78 is 16.1. The lowest BCUT2D eigenvalue weighted by molar-refractivity contribution is -0.127. The molecule has 0 aliphatic rings. The Labute approximate surface area is 209 Å². The number of fused-ring (bicyclic) bond motifs is 1. The minimum Gasteiger partial charge on any atom is -0.354 e. The Morgan fingerprint density at radius 2 is 1.92 bits per heavy atom. The van der Waals surface area contributed by atoms with Crippen LogP contribution in [0.5, 0.6) is 0 Å². The summed E-state index contributed by atoms with van der Waals surface area (Å²) in [6.07, 6.45) is 3.92. The van der Waals surface area contributed by atoms with Crippen molar-refractivity contribution in [2.24, 2.45) is 5.92 Å². The van der Waals surface area contributed by atoms with E-state index >= 15 is 0 Å². The number of nitrogens with zero attached hydrogens (tertiary/aromatic N) is 5. The lowest BCUT2D eigenvalue weighted by Crippen LogP contribution is -2.45. The Morgan fingerprint density at radius 1 is 1.11 bits per heavy atom. The van der Waals surface area contributed by atoms with Gasteiger partial charge in [-0.3, -0.25) is 19.5 Å². The van der Waals surface area contributed by atoms with Crippen molar-refractivity contribution in [3.8, 4) is 0 Å². The minimum atomic E-state index is -1.06. The summed E-state index contributed by atoms with van der Waals surface area (Å²) in [5.74, 6) is -0.892. The molecule has 4 rings (SSSR count). The third-order valence-electron chi connectivity index (χ3n) is 5.94. The number of hydrogen-bond acceptors (Lipinski definition) is 5. The van der Waals surface area contributed by atoms with Gasteiger partial charge >= 0.3 is 0 Å². The van der Waals surface area contributed by atoms with Crippen LogP contribution in [-0.4, -0.2) is 38.3 Å². The van der Waals surface area contributed by atoms with Gasteiger partial charge in [-0.1, -0.05) is 43.3 Å². The molecule has 1 atom stereocenters. The Balaban J connectivity index is 1.77. The first-order valence-corrected chi connectivity index (χ1v) is 11.9. The third-order valence-corrected chi connectivity index (χ3v) is 5.94. The predicted octanol–water partition coefficient (Wildman–Crippen LogP) is 4.21. The van der Waals surface area contributed by atoms with Crippen LogP contribution in [-0.2, 0) is 16.1 Å². The summed E-state index contributed by atoms with van der Waals surface area (Å²) in [5.41, 5.74) is 2.54. The number of carbonyl (C=O) groups excluding carboxylic acids is 2. The summed E-state index contributed by atoms with van der Waals surface area (Å²) in [7, 11) is 0. The molecule has 186 valence electrons. The molecule has 1 N–H and O–H groups in total. The lowest BCUT2D eigenvalue weighted by atomic mass is 10.0. The van der Waals surface area contributed by atoms with Gasteiger partial charge in [0.2, 0.25) is 11.8 Å². The number of nitrogens with one attached hydrogen (secondary N) is 1. The van der Waals surface area contributed by atoms with Crippen molar-refractivity contribution in [3.05, 3.63) is 83.9 Å². The first kappa shape index (κ1) is 25.0. The van der Waals surface area contributed by atoms with Crippen LogP contribution in [0.25, 0.3) is 11.0 Å². The maximum atomic E-state index is 14.7. The van der Waals surface area contributed by atoms with Crippen molar-refractivity contribution in [1.29, 1.82) is 0 Å². The summed E-state index contributed by atoms with van der Waals surface area (Å²) in [6, 6.07) is 14.2. The van der Waals surface area contributed by atoms with Gasteiger partial charge in [-0.15, -0.1) is 5.10 Å². The highest BCUT2D eigenvalue weighted by molar-refractivity contribution is 6.01. The van der Waals surface area contributed by atoms with E-state index in [1.165, 1.54) is 15.6 Å². The van der Waals surface area contributed by atoms with E-state index in [9.17, 15) is 14.0 Å². The number of aryl methyl sites for hydroxylation is 1. The van der Waals surface area contributed by atoms with Crippen molar-refractivity contribution >= 4 is 28.5 Å². The molecule has 0 saturated heterocycles. The third kappa shape index (κ3) is 5.56. The van der Waals surface area contributed by atoms with Crippen LogP contribution < -0.4 is 10.2 Å². The molecule has 9 heteroatoms. The van der Waals surface area contributed by atoms with Gasteiger partial charge in [0.05, 0.1) is 5.52 Å². The fourth-order valence-corrected chi connectivity index (χ4v) is 3.94.